The van der Waals surface area contributed by atoms with Crippen molar-refractivity contribution in [3.8, 4) is 5.75 Å². The van der Waals surface area contributed by atoms with E-state index in [1.54, 1.807) is 18.2 Å². The summed E-state index contributed by atoms with van der Waals surface area (Å²) in [4.78, 5) is 26.6. The van der Waals surface area contributed by atoms with Crippen molar-refractivity contribution in [2.45, 2.75) is 19.4 Å². The highest BCUT2D eigenvalue weighted by Crippen LogP contribution is 2.30. The summed E-state index contributed by atoms with van der Waals surface area (Å²) in [6.07, 6.45) is -0.104. The van der Waals surface area contributed by atoms with Crippen molar-refractivity contribution in [2.75, 3.05) is 18.4 Å². The van der Waals surface area contributed by atoms with Gasteiger partial charge < -0.3 is 15.0 Å². The molecule has 2 amide bonds. The Hall–Kier alpha value is -2.24. The fraction of sp³-hybridized carbons (Fsp3) is 0.263. The Morgan fingerprint density at radius 1 is 1.15 bits per heavy atom. The average Bonchev–Trinajstić information content (AvgIpc) is 3.06. The number of benzene rings is 2. The van der Waals surface area contributed by atoms with Gasteiger partial charge in [0.15, 0.2) is 6.10 Å². The predicted octanol–water partition coefficient (Wildman–Crippen LogP) is 3.78. The number of nitrogens with zero attached hydrogens (tertiary/aromatic N) is 1. The molecule has 0 saturated heterocycles. The predicted molar refractivity (Wildman–Crippen MR) is 102 cm³/mol. The van der Waals surface area contributed by atoms with Crippen LogP contribution in [0.1, 0.15) is 12.5 Å². The van der Waals surface area contributed by atoms with Gasteiger partial charge in [0.2, 0.25) is 5.91 Å². The molecule has 0 aliphatic carbocycles. The number of carbonyl (C=O) groups is 2. The number of nitrogens with one attached hydrogen (secondary N) is 1. The first-order valence-electron chi connectivity index (χ1n) is 8.26. The minimum absolute atomic E-state index is 0.104. The molecule has 1 heterocycles. The van der Waals surface area contributed by atoms with E-state index in [4.69, 9.17) is 27.9 Å². The first-order chi connectivity index (χ1) is 12.5. The number of amides is 2. The van der Waals surface area contributed by atoms with Gasteiger partial charge in [0.05, 0.1) is 22.3 Å². The molecular formula is C19H18Cl2N2O3. The summed E-state index contributed by atoms with van der Waals surface area (Å²) in [5.41, 5.74) is 1.34. The summed E-state index contributed by atoms with van der Waals surface area (Å²) in [5.74, 6) is 0.129. The summed E-state index contributed by atoms with van der Waals surface area (Å²) >= 11 is 12.1. The van der Waals surface area contributed by atoms with Crippen LogP contribution in [0.4, 0.5) is 5.69 Å². The maximum absolute atomic E-state index is 12.7. The molecule has 0 aromatic heterocycles. The van der Waals surface area contributed by atoms with E-state index in [1.807, 2.05) is 31.2 Å². The van der Waals surface area contributed by atoms with Crippen molar-refractivity contribution >= 4 is 40.7 Å². The van der Waals surface area contributed by atoms with E-state index in [-0.39, 0.29) is 18.4 Å². The number of carbonyl (C=O) groups excluding carboxylic acids is 2. The zero-order chi connectivity index (χ0) is 18.7. The second-order valence-electron chi connectivity index (χ2n) is 5.92. The number of ether oxygens (including phenoxy) is 1. The van der Waals surface area contributed by atoms with Crippen molar-refractivity contribution < 1.29 is 14.3 Å². The second-order valence-corrected chi connectivity index (χ2v) is 6.73. The van der Waals surface area contributed by atoms with Crippen LogP contribution in [0.15, 0.2) is 42.5 Å². The Morgan fingerprint density at radius 2 is 1.85 bits per heavy atom. The molecule has 1 aliphatic rings. The standard InChI is InChI=1S/C19H18Cl2N2O3/c1-2-23(11-17(24)22-18-13(20)7-5-8-14(18)21)19(25)16-10-12-6-3-4-9-15(12)26-16/h3-9,16H,2,10-11H2,1H3,(H,22,24)/t16-/m1/s1. The van der Waals surface area contributed by atoms with Gasteiger partial charge in [-0.2, -0.15) is 0 Å². The molecule has 2 aromatic carbocycles. The molecule has 0 fully saturated rings. The van der Waals surface area contributed by atoms with Crippen molar-refractivity contribution in [3.63, 3.8) is 0 Å². The molecule has 3 rings (SSSR count). The molecule has 7 heteroatoms. The van der Waals surface area contributed by atoms with Crippen LogP contribution < -0.4 is 10.1 Å². The van der Waals surface area contributed by atoms with Crippen LogP contribution >= 0.6 is 23.2 Å². The van der Waals surface area contributed by atoms with Crippen LogP contribution in [-0.2, 0) is 16.0 Å². The maximum atomic E-state index is 12.7. The topological polar surface area (TPSA) is 58.6 Å². The van der Waals surface area contributed by atoms with E-state index in [1.165, 1.54) is 4.90 Å². The van der Waals surface area contributed by atoms with Crippen LogP contribution in [0.25, 0.3) is 0 Å². The molecule has 0 saturated carbocycles. The number of rotatable bonds is 5. The van der Waals surface area contributed by atoms with Crippen molar-refractivity contribution in [1.29, 1.82) is 0 Å². The number of halogens is 2. The largest absolute Gasteiger partial charge is 0.480 e. The number of hydrogen-bond acceptors (Lipinski definition) is 3. The van der Waals surface area contributed by atoms with Crippen molar-refractivity contribution in [3.05, 3.63) is 58.1 Å². The van der Waals surface area contributed by atoms with Crippen molar-refractivity contribution in [2.24, 2.45) is 0 Å². The Morgan fingerprint density at radius 3 is 2.50 bits per heavy atom. The van der Waals surface area contributed by atoms with Crippen LogP contribution in [0.2, 0.25) is 10.0 Å². The minimum atomic E-state index is -0.607. The van der Waals surface area contributed by atoms with Crippen LogP contribution in [0.5, 0.6) is 5.75 Å². The third kappa shape index (κ3) is 3.94. The van der Waals surface area contributed by atoms with Gasteiger partial charge in [-0.15, -0.1) is 0 Å². The number of likely N-dealkylation sites (N-methyl/N-ethyl adjacent to an activating group) is 1. The number of para-hydroxylation sites is 2. The summed E-state index contributed by atoms with van der Waals surface area (Å²) in [6, 6.07) is 12.5. The fourth-order valence-corrected chi connectivity index (χ4v) is 3.33. The zero-order valence-corrected chi connectivity index (χ0v) is 15.7. The van der Waals surface area contributed by atoms with Crippen LogP contribution in [-0.4, -0.2) is 35.9 Å². The van der Waals surface area contributed by atoms with Gasteiger partial charge in [0.25, 0.3) is 5.91 Å². The summed E-state index contributed by atoms with van der Waals surface area (Å²) < 4.78 is 5.72. The number of anilines is 1. The van der Waals surface area contributed by atoms with E-state index >= 15 is 0 Å². The van der Waals surface area contributed by atoms with E-state index in [9.17, 15) is 9.59 Å². The number of fused-ring (bicyclic) bond motifs is 1. The Kier molecular flexibility index (Phi) is 5.69. The molecule has 0 unspecified atom stereocenters. The lowest BCUT2D eigenvalue weighted by molar-refractivity contribution is -0.140. The Balaban J connectivity index is 1.64. The lowest BCUT2D eigenvalue weighted by Gasteiger charge is -2.23. The number of hydrogen-bond donors (Lipinski definition) is 1. The second kappa shape index (κ2) is 7.98. The van der Waals surface area contributed by atoms with E-state index < -0.39 is 6.10 Å². The highest BCUT2D eigenvalue weighted by atomic mass is 35.5. The van der Waals surface area contributed by atoms with Gasteiger partial charge in [-0.3, -0.25) is 9.59 Å². The lowest BCUT2D eigenvalue weighted by Crippen LogP contribution is -2.45. The Labute approximate surface area is 161 Å². The van der Waals surface area contributed by atoms with Gasteiger partial charge in [-0.05, 0) is 30.7 Å². The molecule has 5 nitrogen and oxygen atoms in total. The van der Waals surface area contributed by atoms with E-state index in [0.717, 1.165) is 5.56 Å². The molecule has 0 spiro atoms. The molecule has 2 aromatic rings. The zero-order valence-electron chi connectivity index (χ0n) is 14.2. The maximum Gasteiger partial charge on any atom is 0.264 e. The quantitative estimate of drug-likeness (QED) is 0.841. The summed E-state index contributed by atoms with van der Waals surface area (Å²) in [7, 11) is 0. The highest BCUT2D eigenvalue weighted by Gasteiger charge is 2.32. The van der Waals surface area contributed by atoms with Gasteiger partial charge in [-0.25, -0.2) is 0 Å². The first-order valence-corrected chi connectivity index (χ1v) is 9.02. The van der Waals surface area contributed by atoms with Gasteiger partial charge in [0, 0.05) is 13.0 Å². The molecule has 0 radical (unpaired) electrons. The molecule has 136 valence electrons. The normalized spacial score (nSPS) is 15.1. The van der Waals surface area contributed by atoms with Gasteiger partial charge in [0.1, 0.15) is 5.75 Å². The van der Waals surface area contributed by atoms with E-state index in [2.05, 4.69) is 5.32 Å². The third-order valence-corrected chi connectivity index (χ3v) is 4.81. The van der Waals surface area contributed by atoms with Crippen molar-refractivity contribution in [1.82, 2.24) is 4.90 Å². The third-order valence-electron chi connectivity index (χ3n) is 4.18. The highest BCUT2D eigenvalue weighted by molar-refractivity contribution is 6.39. The average molecular weight is 393 g/mol. The van der Waals surface area contributed by atoms with Crippen LogP contribution in [0.3, 0.4) is 0 Å². The van der Waals surface area contributed by atoms with Gasteiger partial charge in [-0.1, -0.05) is 47.5 Å². The molecule has 1 atom stereocenters. The molecule has 26 heavy (non-hydrogen) atoms. The molecule has 1 aliphatic heterocycles. The summed E-state index contributed by atoms with van der Waals surface area (Å²) in [6.45, 7) is 2.10. The fourth-order valence-electron chi connectivity index (χ4n) is 2.84. The van der Waals surface area contributed by atoms with E-state index in [0.29, 0.717) is 34.4 Å². The van der Waals surface area contributed by atoms with Crippen LogP contribution in [0, 0.1) is 0 Å². The molecular weight excluding hydrogens is 375 g/mol. The molecule has 1 N–H and O–H groups in total. The lowest BCUT2D eigenvalue weighted by atomic mass is 10.1. The molecule has 0 bridgehead atoms. The Bertz CT molecular complexity index is 796. The SMILES string of the molecule is CCN(CC(=O)Nc1c(Cl)cccc1Cl)C(=O)[C@H]1Cc2ccccc2O1. The monoisotopic (exact) mass is 392 g/mol. The minimum Gasteiger partial charge on any atom is -0.480 e. The summed E-state index contributed by atoms with van der Waals surface area (Å²) in [5, 5.41) is 3.35. The van der Waals surface area contributed by atoms with Gasteiger partial charge >= 0.3 is 0 Å². The first kappa shape index (κ1) is 18.5. The smallest absolute Gasteiger partial charge is 0.264 e.